The molecule has 21 heavy (non-hydrogen) atoms. The number of nitrogens with one attached hydrogen (secondary N) is 1. The molecule has 1 heterocycles. The van der Waals surface area contributed by atoms with E-state index in [9.17, 15) is 9.59 Å². The zero-order chi connectivity index (χ0) is 16.0. The number of carbonyl (C=O) groups is 2. The van der Waals surface area contributed by atoms with Crippen molar-refractivity contribution in [2.75, 3.05) is 20.1 Å². The van der Waals surface area contributed by atoms with Gasteiger partial charge < -0.3 is 15.0 Å². The van der Waals surface area contributed by atoms with Gasteiger partial charge in [-0.15, -0.1) is 0 Å². The van der Waals surface area contributed by atoms with Gasteiger partial charge in [-0.05, 0) is 50.1 Å². The molecule has 118 valence electrons. The first-order chi connectivity index (χ1) is 9.70. The summed E-state index contributed by atoms with van der Waals surface area (Å²) in [6.45, 7) is 8.16. The fraction of sp³-hybridized carbons (Fsp3) is 0.600. The molecule has 0 aromatic carbocycles. The van der Waals surface area contributed by atoms with Gasteiger partial charge in [0.1, 0.15) is 5.60 Å². The van der Waals surface area contributed by atoms with Crippen molar-refractivity contribution in [2.45, 2.75) is 39.2 Å². The summed E-state index contributed by atoms with van der Waals surface area (Å²) in [4.78, 5) is 25.2. The van der Waals surface area contributed by atoms with Crippen molar-refractivity contribution in [3.8, 4) is 0 Å². The van der Waals surface area contributed by atoms with E-state index < -0.39 is 5.60 Å². The molecule has 0 saturated carbocycles. The molecule has 0 radical (unpaired) electrons. The Bertz CT molecular complexity index is 466. The maximum Gasteiger partial charge on any atom is 0.410 e. The molecule has 2 amide bonds. The number of likely N-dealkylation sites (N-methyl/N-ethyl adjacent to an activating group) is 1. The fourth-order valence-electron chi connectivity index (χ4n) is 1.60. The molecule has 0 fully saturated rings. The second kappa shape index (κ2) is 7.45. The first-order valence-electron chi connectivity index (χ1n) is 6.94. The predicted molar refractivity (Wildman–Crippen MR) is 84.6 cm³/mol. The van der Waals surface area contributed by atoms with Crippen LogP contribution in [0.3, 0.4) is 0 Å². The van der Waals surface area contributed by atoms with Crippen molar-refractivity contribution in [3.05, 3.63) is 22.4 Å². The monoisotopic (exact) mass is 312 g/mol. The van der Waals surface area contributed by atoms with Crippen LogP contribution < -0.4 is 5.32 Å². The Morgan fingerprint density at radius 3 is 2.62 bits per heavy atom. The van der Waals surface area contributed by atoms with Crippen molar-refractivity contribution in [2.24, 2.45) is 0 Å². The summed E-state index contributed by atoms with van der Waals surface area (Å²) in [5.41, 5.74) is 0.500. The van der Waals surface area contributed by atoms with Crippen LogP contribution in [0.2, 0.25) is 0 Å². The van der Waals surface area contributed by atoms with Crippen LogP contribution in [0.25, 0.3) is 0 Å². The van der Waals surface area contributed by atoms with Crippen molar-refractivity contribution < 1.29 is 14.3 Å². The van der Waals surface area contributed by atoms with E-state index in [2.05, 4.69) is 5.32 Å². The molecule has 1 aromatic heterocycles. The summed E-state index contributed by atoms with van der Waals surface area (Å²) >= 11 is 1.57. The molecule has 1 aromatic rings. The maximum absolute atomic E-state index is 12.0. The van der Waals surface area contributed by atoms with Gasteiger partial charge in [-0.1, -0.05) is 0 Å². The van der Waals surface area contributed by atoms with Gasteiger partial charge in [0.15, 0.2) is 0 Å². The molecule has 1 rings (SSSR count). The molecular formula is C15H24N2O3S. The third kappa shape index (κ3) is 6.16. The smallest absolute Gasteiger partial charge is 0.410 e. The number of hydrogen-bond acceptors (Lipinski definition) is 4. The van der Waals surface area contributed by atoms with Crippen molar-refractivity contribution in [1.29, 1.82) is 0 Å². The van der Waals surface area contributed by atoms with Crippen molar-refractivity contribution >= 4 is 23.3 Å². The van der Waals surface area contributed by atoms with E-state index in [0.29, 0.717) is 13.1 Å². The van der Waals surface area contributed by atoms with Crippen LogP contribution in [0.4, 0.5) is 4.79 Å². The SMILES string of the molecule is C[C@H](C(=O)NCCN(C)C(=O)OC(C)(C)C)c1ccsc1. The Hall–Kier alpha value is -1.56. The lowest BCUT2D eigenvalue weighted by Gasteiger charge is -2.24. The molecule has 0 bridgehead atoms. The lowest BCUT2D eigenvalue weighted by Crippen LogP contribution is -2.40. The largest absolute Gasteiger partial charge is 0.444 e. The summed E-state index contributed by atoms with van der Waals surface area (Å²) in [6, 6.07) is 1.95. The summed E-state index contributed by atoms with van der Waals surface area (Å²) in [5, 5.41) is 6.76. The molecule has 5 nitrogen and oxygen atoms in total. The molecule has 6 heteroatoms. The summed E-state index contributed by atoms with van der Waals surface area (Å²) in [7, 11) is 1.66. The fourth-order valence-corrected chi connectivity index (χ4v) is 2.36. The Morgan fingerprint density at radius 1 is 1.43 bits per heavy atom. The van der Waals surface area contributed by atoms with Crippen molar-refractivity contribution in [1.82, 2.24) is 10.2 Å². The standard InChI is InChI=1S/C15H24N2O3S/c1-11(12-6-9-21-10-12)13(18)16-7-8-17(5)14(19)20-15(2,3)4/h6,9-11H,7-8H2,1-5H3,(H,16,18)/t11-/m0/s1. The molecule has 0 saturated heterocycles. The number of rotatable bonds is 5. The van der Waals surface area contributed by atoms with Gasteiger partial charge >= 0.3 is 6.09 Å². The predicted octanol–water partition coefficient (Wildman–Crippen LogP) is 2.83. The van der Waals surface area contributed by atoms with Gasteiger partial charge in [-0.2, -0.15) is 11.3 Å². The molecular weight excluding hydrogens is 288 g/mol. The first kappa shape index (κ1) is 17.5. The number of hydrogen-bond donors (Lipinski definition) is 1. The minimum atomic E-state index is -0.512. The van der Waals surface area contributed by atoms with Gasteiger partial charge in [-0.25, -0.2) is 4.79 Å². The van der Waals surface area contributed by atoms with Crippen LogP contribution in [0.15, 0.2) is 16.8 Å². The van der Waals surface area contributed by atoms with E-state index in [1.165, 1.54) is 4.90 Å². The lowest BCUT2D eigenvalue weighted by molar-refractivity contribution is -0.122. The lowest BCUT2D eigenvalue weighted by atomic mass is 10.0. The molecule has 0 aliphatic heterocycles. The highest BCUT2D eigenvalue weighted by molar-refractivity contribution is 7.08. The van der Waals surface area contributed by atoms with Crippen LogP contribution >= 0.6 is 11.3 Å². The number of amides is 2. The summed E-state index contributed by atoms with van der Waals surface area (Å²) < 4.78 is 5.24. The molecule has 0 aliphatic carbocycles. The van der Waals surface area contributed by atoms with Crippen LogP contribution in [-0.2, 0) is 9.53 Å². The first-order valence-corrected chi connectivity index (χ1v) is 7.89. The molecule has 1 atom stereocenters. The minimum absolute atomic E-state index is 0.0361. The van der Waals surface area contributed by atoms with E-state index in [0.717, 1.165) is 5.56 Å². The summed E-state index contributed by atoms with van der Waals surface area (Å²) in [6.07, 6.45) is -0.386. The maximum atomic E-state index is 12.0. The van der Waals surface area contributed by atoms with E-state index in [1.54, 1.807) is 18.4 Å². The Kier molecular flexibility index (Phi) is 6.20. The third-order valence-electron chi connectivity index (χ3n) is 2.89. The van der Waals surface area contributed by atoms with Gasteiger partial charge in [0, 0.05) is 20.1 Å². The number of thiophene rings is 1. The number of nitrogens with zero attached hydrogens (tertiary/aromatic N) is 1. The Morgan fingerprint density at radius 2 is 2.10 bits per heavy atom. The third-order valence-corrected chi connectivity index (χ3v) is 3.59. The summed E-state index contributed by atoms with van der Waals surface area (Å²) in [5.74, 6) is -0.214. The minimum Gasteiger partial charge on any atom is -0.444 e. The highest BCUT2D eigenvalue weighted by atomic mass is 32.1. The van der Waals surface area contributed by atoms with Crippen LogP contribution in [-0.4, -0.2) is 42.6 Å². The second-order valence-electron chi connectivity index (χ2n) is 5.97. The number of carbonyl (C=O) groups excluding carboxylic acids is 2. The van der Waals surface area contributed by atoms with E-state index >= 15 is 0 Å². The highest BCUT2D eigenvalue weighted by Crippen LogP contribution is 2.17. The number of ether oxygens (including phenoxy) is 1. The normalized spacial score (nSPS) is 12.6. The average Bonchev–Trinajstić information content (AvgIpc) is 2.89. The van der Waals surface area contributed by atoms with Gasteiger partial charge in [-0.3, -0.25) is 4.79 Å². The Balaban J connectivity index is 2.33. The Labute approximate surface area is 130 Å². The van der Waals surface area contributed by atoms with Crippen LogP contribution in [0.1, 0.15) is 39.2 Å². The van der Waals surface area contributed by atoms with Gasteiger partial charge in [0.25, 0.3) is 0 Å². The van der Waals surface area contributed by atoms with Crippen molar-refractivity contribution in [3.63, 3.8) is 0 Å². The molecule has 1 N–H and O–H groups in total. The van der Waals surface area contributed by atoms with Gasteiger partial charge in [0.05, 0.1) is 5.92 Å². The second-order valence-corrected chi connectivity index (χ2v) is 6.75. The highest BCUT2D eigenvalue weighted by Gasteiger charge is 2.20. The molecule has 0 unspecified atom stereocenters. The van der Waals surface area contributed by atoms with Crippen LogP contribution in [0, 0.1) is 0 Å². The van der Waals surface area contributed by atoms with E-state index in [1.807, 2.05) is 44.5 Å². The topological polar surface area (TPSA) is 58.6 Å². The van der Waals surface area contributed by atoms with E-state index in [-0.39, 0.29) is 17.9 Å². The molecule has 0 spiro atoms. The molecule has 0 aliphatic rings. The van der Waals surface area contributed by atoms with Crippen LogP contribution in [0.5, 0.6) is 0 Å². The average molecular weight is 312 g/mol. The van der Waals surface area contributed by atoms with E-state index in [4.69, 9.17) is 4.74 Å². The zero-order valence-electron chi connectivity index (χ0n) is 13.3. The zero-order valence-corrected chi connectivity index (χ0v) is 14.1. The van der Waals surface area contributed by atoms with Gasteiger partial charge in [0.2, 0.25) is 5.91 Å². The quantitative estimate of drug-likeness (QED) is 0.909.